The van der Waals surface area contributed by atoms with Crippen LogP contribution >= 0.6 is 0 Å². The Morgan fingerprint density at radius 3 is 2.61 bits per heavy atom. The summed E-state index contributed by atoms with van der Waals surface area (Å²) in [5, 5.41) is 7.17. The zero-order chi connectivity index (χ0) is 22.0. The topological polar surface area (TPSA) is 77.6 Å². The smallest absolute Gasteiger partial charge is 0.276 e. The number of carbonyl (C=O) groups excluding carboxylic acids is 1. The molecule has 7 nitrogen and oxygen atoms in total. The quantitative estimate of drug-likeness (QED) is 0.520. The van der Waals surface area contributed by atoms with E-state index in [2.05, 4.69) is 10.4 Å². The molecule has 0 atom stereocenters. The Hall–Kier alpha value is -3.94. The second kappa shape index (κ2) is 8.43. The van der Waals surface area contributed by atoms with E-state index >= 15 is 0 Å². The Morgan fingerprint density at radius 2 is 1.90 bits per heavy atom. The fourth-order valence-electron chi connectivity index (χ4n) is 3.23. The number of methoxy groups -OCH3 is 1. The molecule has 1 N–H and O–H groups in total. The fourth-order valence-corrected chi connectivity index (χ4v) is 3.23. The van der Waals surface area contributed by atoms with Gasteiger partial charge in [0.1, 0.15) is 17.1 Å². The van der Waals surface area contributed by atoms with E-state index in [0.717, 1.165) is 11.3 Å². The van der Waals surface area contributed by atoms with E-state index in [9.17, 15) is 14.0 Å². The van der Waals surface area contributed by atoms with Crippen molar-refractivity contribution in [1.82, 2.24) is 19.5 Å². The zero-order valence-corrected chi connectivity index (χ0v) is 17.1. The first-order valence-corrected chi connectivity index (χ1v) is 9.74. The molecule has 4 aromatic rings. The standard InChI is InChI=1S/C23H21FN4O3/c1-15-3-4-17(13-19(15)24)22(29)25-9-10-27-11-12-28-21(23(27)30)14-20(26-28)16-5-7-18(31-2)8-6-16/h3-8,11-14H,9-10H2,1-2H3,(H,25,29). The third kappa shape index (κ3) is 4.18. The molecule has 0 aliphatic rings. The number of carbonyl (C=O) groups is 1. The first kappa shape index (κ1) is 20.3. The van der Waals surface area contributed by atoms with Gasteiger partial charge in [-0.25, -0.2) is 8.91 Å². The van der Waals surface area contributed by atoms with Crippen LogP contribution in [-0.4, -0.2) is 33.7 Å². The molecule has 31 heavy (non-hydrogen) atoms. The lowest BCUT2D eigenvalue weighted by molar-refractivity contribution is 0.0951. The molecule has 2 heterocycles. The number of halogens is 1. The van der Waals surface area contributed by atoms with Crippen LogP contribution in [-0.2, 0) is 6.54 Å². The van der Waals surface area contributed by atoms with Crippen molar-refractivity contribution in [3.05, 3.63) is 88.2 Å². The number of hydrogen-bond acceptors (Lipinski definition) is 4. The van der Waals surface area contributed by atoms with Crippen molar-refractivity contribution >= 4 is 11.4 Å². The second-order valence-corrected chi connectivity index (χ2v) is 7.10. The Morgan fingerprint density at radius 1 is 1.13 bits per heavy atom. The van der Waals surface area contributed by atoms with E-state index in [1.165, 1.54) is 15.1 Å². The SMILES string of the molecule is COc1ccc(-c2cc3c(=O)n(CCNC(=O)c4ccc(C)c(F)c4)ccn3n2)cc1. The van der Waals surface area contributed by atoms with Crippen LogP contribution in [0.4, 0.5) is 4.39 Å². The molecule has 0 aliphatic heterocycles. The molecule has 0 saturated heterocycles. The van der Waals surface area contributed by atoms with Crippen LogP contribution < -0.4 is 15.6 Å². The van der Waals surface area contributed by atoms with Crippen LogP contribution in [0.1, 0.15) is 15.9 Å². The van der Waals surface area contributed by atoms with Gasteiger partial charge in [-0.05, 0) is 55.0 Å². The van der Waals surface area contributed by atoms with Crippen LogP contribution in [0.5, 0.6) is 5.75 Å². The van der Waals surface area contributed by atoms with Crippen molar-refractivity contribution in [2.24, 2.45) is 0 Å². The predicted molar refractivity (Wildman–Crippen MR) is 115 cm³/mol. The van der Waals surface area contributed by atoms with E-state index in [0.29, 0.717) is 16.8 Å². The molecule has 0 unspecified atom stereocenters. The highest BCUT2D eigenvalue weighted by atomic mass is 19.1. The number of nitrogens with one attached hydrogen (secondary N) is 1. The number of amides is 1. The third-order valence-electron chi connectivity index (χ3n) is 5.06. The van der Waals surface area contributed by atoms with Crippen molar-refractivity contribution in [3.8, 4) is 17.0 Å². The van der Waals surface area contributed by atoms with E-state index in [4.69, 9.17) is 4.74 Å². The van der Waals surface area contributed by atoms with Gasteiger partial charge in [-0.15, -0.1) is 0 Å². The molecule has 0 aliphatic carbocycles. The van der Waals surface area contributed by atoms with Crippen LogP contribution in [0.3, 0.4) is 0 Å². The Labute approximate surface area is 177 Å². The summed E-state index contributed by atoms with van der Waals surface area (Å²) in [6.07, 6.45) is 3.32. The number of hydrogen-bond donors (Lipinski definition) is 1. The number of aromatic nitrogens is 3. The Bertz CT molecular complexity index is 1310. The summed E-state index contributed by atoms with van der Waals surface area (Å²) < 4.78 is 21.9. The molecule has 158 valence electrons. The molecule has 4 rings (SSSR count). The summed E-state index contributed by atoms with van der Waals surface area (Å²) in [4.78, 5) is 25.0. The van der Waals surface area contributed by atoms with E-state index < -0.39 is 5.82 Å². The second-order valence-electron chi connectivity index (χ2n) is 7.10. The van der Waals surface area contributed by atoms with Crippen molar-refractivity contribution in [3.63, 3.8) is 0 Å². The van der Waals surface area contributed by atoms with Crippen LogP contribution in [0, 0.1) is 12.7 Å². The lowest BCUT2D eigenvalue weighted by Crippen LogP contribution is -2.31. The van der Waals surface area contributed by atoms with Crippen LogP contribution in [0.2, 0.25) is 0 Å². The van der Waals surface area contributed by atoms with Gasteiger partial charge in [-0.2, -0.15) is 5.10 Å². The molecule has 2 aromatic carbocycles. The molecule has 0 fully saturated rings. The maximum absolute atomic E-state index is 13.7. The molecule has 0 saturated carbocycles. The largest absolute Gasteiger partial charge is 0.497 e. The minimum Gasteiger partial charge on any atom is -0.497 e. The molecule has 8 heteroatoms. The van der Waals surface area contributed by atoms with E-state index in [1.54, 1.807) is 44.6 Å². The summed E-state index contributed by atoms with van der Waals surface area (Å²) in [6.45, 7) is 2.14. The Balaban J connectivity index is 1.48. The first-order chi connectivity index (χ1) is 15.0. The van der Waals surface area contributed by atoms with E-state index in [1.807, 2.05) is 24.3 Å². The number of benzene rings is 2. The van der Waals surface area contributed by atoms with Gasteiger partial charge >= 0.3 is 0 Å². The third-order valence-corrected chi connectivity index (χ3v) is 5.06. The lowest BCUT2D eigenvalue weighted by Gasteiger charge is -2.08. The van der Waals surface area contributed by atoms with Gasteiger partial charge in [-0.3, -0.25) is 9.59 Å². The number of aryl methyl sites for hydroxylation is 1. The molecule has 0 radical (unpaired) electrons. The summed E-state index contributed by atoms with van der Waals surface area (Å²) in [6, 6.07) is 13.5. The number of rotatable bonds is 6. The maximum atomic E-state index is 13.7. The van der Waals surface area contributed by atoms with E-state index in [-0.39, 0.29) is 30.1 Å². The monoisotopic (exact) mass is 420 g/mol. The number of nitrogens with zero attached hydrogens (tertiary/aromatic N) is 3. The lowest BCUT2D eigenvalue weighted by atomic mass is 10.1. The molecular weight excluding hydrogens is 399 g/mol. The van der Waals surface area contributed by atoms with Gasteiger partial charge in [-0.1, -0.05) is 6.07 Å². The summed E-state index contributed by atoms with van der Waals surface area (Å²) in [7, 11) is 1.60. The Kier molecular flexibility index (Phi) is 5.53. The average Bonchev–Trinajstić information content (AvgIpc) is 3.22. The maximum Gasteiger partial charge on any atom is 0.276 e. The fraction of sp³-hybridized carbons (Fsp3) is 0.174. The number of ether oxygens (including phenoxy) is 1. The van der Waals surface area contributed by atoms with Gasteiger partial charge in [0.2, 0.25) is 0 Å². The molecule has 2 aromatic heterocycles. The van der Waals surface area contributed by atoms with Crippen molar-refractivity contribution < 1.29 is 13.9 Å². The highest BCUT2D eigenvalue weighted by molar-refractivity contribution is 5.94. The number of fused-ring (bicyclic) bond motifs is 1. The molecule has 0 spiro atoms. The van der Waals surface area contributed by atoms with Crippen LogP contribution in [0.15, 0.2) is 65.7 Å². The van der Waals surface area contributed by atoms with Crippen LogP contribution in [0.25, 0.3) is 16.8 Å². The normalized spacial score (nSPS) is 10.9. The molecular formula is C23H21FN4O3. The zero-order valence-electron chi connectivity index (χ0n) is 17.1. The molecule has 1 amide bonds. The summed E-state index contributed by atoms with van der Waals surface area (Å²) >= 11 is 0. The van der Waals surface area contributed by atoms with Crippen molar-refractivity contribution in [2.75, 3.05) is 13.7 Å². The summed E-state index contributed by atoms with van der Waals surface area (Å²) in [5.74, 6) is -0.0767. The van der Waals surface area contributed by atoms with Gasteiger partial charge in [0, 0.05) is 36.6 Å². The summed E-state index contributed by atoms with van der Waals surface area (Å²) in [5.41, 5.74) is 2.47. The van der Waals surface area contributed by atoms with Gasteiger partial charge in [0.25, 0.3) is 11.5 Å². The highest BCUT2D eigenvalue weighted by Gasteiger charge is 2.11. The first-order valence-electron chi connectivity index (χ1n) is 9.74. The predicted octanol–water partition coefficient (Wildman–Crippen LogP) is 3.05. The minimum atomic E-state index is -0.428. The highest BCUT2D eigenvalue weighted by Crippen LogP contribution is 2.21. The van der Waals surface area contributed by atoms with Gasteiger partial charge in [0.05, 0.1) is 12.8 Å². The molecule has 0 bridgehead atoms. The van der Waals surface area contributed by atoms with Crippen molar-refractivity contribution in [2.45, 2.75) is 13.5 Å². The van der Waals surface area contributed by atoms with Crippen molar-refractivity contribution in [1.29, 1.82) is 0 Å². The minimum absolute atomic E-state index is 0.217. The van der Waals surface area contributed by atoms with Gasteiger partial charge < -0.3 is 14.6 Å². The van der Waals surface area contributed by atoms with Gasteiger partial charge in [0.15, 0.2) is 0 Å². The average molecular weight is 420 g/mol.